The summed E-state index contributed by atoms with van der Waals surface area (Å²) in [7, 11) is 1.53. The topological polar surface area (TPSA) is 106 Å². The van der Waals surface area contributed by atoms with Crippen molar-refractivity contribution in [2.75, 3.05) is 7.05 Å². The van der Waals surface area contributed by atoms with Crippen LogP contribution in [0.2, 0.25) is 0 Å². The number of hydrogen-bond acceptors (Lipinski definition) is 4. The molecule has 0 saturated carbocycles. The van der Waals surface area contributed by atoms with E-state index in [0.29, 0.717) is 16.7 Å². The van der Waals surface area contributed by atoms with Crippen molar-refractivity contribution in [3.05, 3.63) is 107 Å². The number of nitrogens with one attached hydrogen (secondary N) is 2. The first-order chi connectivity index (χ1) is 16.1. The molecule has 6 heteroatoms. The molecule has 0 heterocycles. The van der Waals surface area contributed by atoms with Gasteiger partial charge < -0.3 is 10.6 Å². The van der Waals surface area contributed by atoms with Crippen LogP contribution in [0, 0.1) is 22.7 Å². The van der Waals surface area contributed by atoms with Gasteiger partial charge in [-0.25, -0.2) is 0 Å². The highest BCUT2D eigenvalue weighted by Gasteiger charge is 2.32. The second-order valence-corrected chi connectivity index (χ2v) is 7.57. The lowest BCUT2D eigenvalue weighted by molar-refractivity contribution is -0.122. The van der Waals surface area contributed by atoms with Gasteiger partial charge in [-0.15, -0.1) is 0 Å². The van der Waals surface area contributed by atoms with Crippen molar-refractivity contribution in [1.29, 1.82) is 10.5 Å². The quantitative estimate of drug-likeness (QED) is 0.564. The summed E-state index contributed by atoms with van der Waals surface area (Å²) in [5.41, 5.74) is 3.38. The van der Waals surface area contributed by atoms with Gasteiger partial charge in [0, 0.05) is 18.5 Å². The third kappa shape index (κ3) is 5.84. The average molecular weight is 437 g/mol. The Morgan fingerprint density at radius 2 is 1.30 bits per heavy atom. The van der Waals surface area contributed by atoms with E-state index in [1.807, 2.05) is 60.7 Å². The van der Waals surface area contributed by atoms with Crippen LogP contribution in [0.15, 0.2) is 78.9 Å². The molecule has 0 saturated heterocycles. The highest BCUT2D eigenvalue weighted by molar-refractivity contribution is 5.98. The highest BCUT2D eigenvalue weighted by Crippen LogP contribution is 2.28. The van der Waals surface area contributed by atoms with Gasteiger partial charge in [0.05, 0.1) is 25.0 Å². The first-order valence-electron chi connectivity index (χ1n) is 10.6. The van der Waals surface area contributed by atoms with Crippen LogP contribution in [0.3, 0.4) is 0 Å². The van der Waals surface area contributed by atoms with Crippen molar-refractivity contribution in [3.8, 4) is 12.1 Å². The molecule has 3 aromatic carbocycles. The summed E-state index contributed by atoms with van der Waals surface area (Å²) < 4.78 is 0. The van der Waals surface area contributed by atoms with E-state index >= 15 is 0 Å². The summed E-state index contributed by atoms with van der Waals surface area (Å²) >= 11 is 0. The van der Waals surface area contributed by atoms with E-state index in [1.165, 1.54) is 7.05 Å². The van der Waals surface area contributed by atoms with Gasteiger partial charge in [0.25, 0.3) is 5.91 Å². The van der Waals surface area contributed by atoms with Crippen LogP contribution in [-0.2, 0) is 17.6 Å². The summed E-state index contributed by atoms with van der Waals surface area (Å²) in [6.45, 7) is 0. The van der Waals surface area contributed by atoms with Crippen molar-refractivity contribution >= 4 is 11.8 Å². The predicted molar refractivity (Wildman–Crippen MR) is 125 cm³/mol. The fraction of sp³-hybridized carbons (Fsp3) is 0.185. The fourth-order valence-corrected chi connectivity index (χ4v) is 3.86. The predicted octanol–water partition coefficient (Wildman–Crippen LogP) is 3.50. The minimum Gasteiger partial charge on any atom is -0.357 e. The summed E-state index contributed by atoms with van der Waals surface area (Å²) in [6.07, 6.45) is 0.240. The zero-order valence-electron chi connectivity index (χ0n) is 18.3. The van der Waals surface area contributed by atoms with Crippen molar-refractivity contribution in [2.24, 2.45) is 0 Å². The number of carbonyl (C=O) groups is 2. The summed E-state index contributed by atoms with van der Waals surface area (Å²) in [5.74, 6) is -1.19. The molecule has 164 valence electrons. The lowest BCUT2D eigenvalue weighted by Crippen LogP contribution is -2.49. The van der Waals surface area contributed by atoms with Crippen molar-refractivity contribution in [3.63, 3.8) is 0 Å². The lowest BCUT2D eigenvalue weighted by Gasteiger charge is -2.28. The van der Waals surface area contributed by atoms with Gasteiger partial charge in [-0.2, -0.15) is 10.5 Å². The van der Waals surface area contributed by atoms with Gasteiger partial charge in [0.2, 0.25) is 5.91 Å². The molecule has 3 rings (SSSR count). The molecule has 2 N–H and O–H groups in total. The average Bonchev–Trinajstić information content (AvgIpc) is 2.84. The van der Waals surface area contributed by atoms with Crippen LogP contribution in [-0.4, -0.2) is 24.9 Å². The van der Waals surface area contributed by atoms with Gasteiger partial charge >= 0.3 is 0 Å². The highest BCUT2D eigenvalue weighted by atomic mass is 16.2. The molecule has 0 spiro atoms. The second kappa shape index (κ2) is 11.3. The molecular formula is C27H24N4O2. The normalized spacial score (nSPS) is 11.2. The van der Waals surface area contributed by atoms with Gasteiger partial charge in [-0.1, -0.05) is 66.7 Å². The fourth-order valence-electron chi connectivity index (χ4n) is 3.86. The molecular weight excluding hydrogens is 412 g/mol. The molecule has 1 atom stereocenters. The third-order valence-electron chi connectivity index (χ3n) is 5.35. The molecule has 0 aliphatic carbocycles. The maximum Gasteiger partial charge on any atom is 0.251 e. The van der Waals surface area contributed by atoms with Crippen molar-refractivity contribution in [2.45, 2.75) is 24.8 Å². The van der Waals surface area contributed by atoms with E-state index in [2.05, 4.69) is 22.8 Å². The van der Waals surface area contributed by atoms with E-state index in [9.17, 15) is 9.59 Å². The molecule has 33 heavy (non-hydrogen) atoms. The number of nitrogens with zero attached hydrogens (tertiary/aromatic N) is 2. The molecule has 0 unspecified atom stereocenters. The molecule has 2 amide bonds. The van der Waals surface area contributed by atoms with Crippen LogP contribution in [0.5, 0.6) is 0 Å². The minimum absolute atomic E-state index is 0.120. The van der Waals surface area contributed by atoms with E-state index < -0.39 is 17.9 Å². The number of nitriles is 2. The summed E-state index contributed by atoms with van der Waals surface area (Å²) in [4.78, 5) is 26.3. The molecule has 3 aromatic rings. The maximum absolute atomic E-state index is 13.3. The van der Waals surface area contributed by atoms with E-state index in [-0.39, 0.29) is 18.7 Å². The second-order valence-electron chi connectivity index (χ2n) is 7.57. The molecule has 0 radical (unpaired) electrons. The van der Waals surface area contributed by atoms with Gasteiger partial charge in [-0.05, 0) is 34.4 Å². The van der Waals surface area contributed by atoms with Gasteiger partial charge in [0.1, 0.15) is 6.04 Å². The Kier molecular flexibility index (Phi) is 7.94. The number of likely N-dealkylation sites (N-methyl/N-ethyl adjacent to an activating group) is 1. The van der Waals surface area contributed by atoms with Gasteiger partial charge in [0.15, 0.2) is 0 Å². The Bertz CT molecular complexity index is 1120. The van der Waals surface area contributed by atoms with Crippen LogP contribution < -0.4 is 10.6 Å². The van der Waals surface area contributed by atoms with Crippen molar-refractivity contribution in [1.82, 2.24) is 10.6 Å². The smallest absolute Gasteiger partial charge is 0.251 e. The molecule has 0 aliphatic heterocycles. The maximum atomic E-state index is 13.3. The lowest BCUT2D eigenvalue weighted by atomic mass is 9.84. The molecule has 0 fully saturated rings. The van der Waals surface area contributed by atoms with Crippen LogP contribution in [0.4, 0.5) is 0 Å². The SMILES string of the molecule is CNC(=O)[C@@H](NC(=O)c1cc(CC#N)cc(CC#N)c1)C(c1ccccc1)c1ccccc1. The Labute approximate surface area is 193 Å². The van der Waals surface area contributed by atoms with E-state index in [0.717, 1.165) is 11.1 Å². The molecule has 6 nitrogen and oxygen atoms in total. The minimum atomic E-state index is -0.883. The third-order valence-corrected chi connectivity index (χ3v) is 5.35. The van der Waals surface area contributed by atoms with Crippen LogP contribution >= 0.6 is 0 Å². The zero-order chi connectivity index (χ0) is 23.6. The summed E-state index contributed by atoms with van der Waals surface area (Å²) in [5, 5.41) is 23.7. The number of hydrogen-bond donors (Lipinski definition) is 2. The van der Waals surface area contributed by atoms with E-state index in [4.69, 9.17) is 10.5 Å². The van der Waals surface area contributed by atoms with E-state index in [1.54, 1.807) is 18.2 Å². The van der Waals surface area contributed by atoms with Gasteiger partial charge in [-0.3, -0.25) is 9.59 Å². The van der Waals surface area contributed by atoms with Crippen LogP contribution in [0.25, 0.3) is 0 Å². The largest absolute Gasteiger partial charge is 0.357 e. The Hall–Kier alpha value is -4.42. The van der Waals surface area contributed by atoms with Crippen LogP contribution in [0.1, 0.15) is 38.5 Å². The molecule has 0 bridgehead atoms. The number of rotatable bonds is 8. The summed E-state index contributed by atoms with van der Waals surface area (Å²) in [6, 6.07) is 27.4. The Morgan fingerprint density at radius 1 is 0.818 bits per heavy atom. The van der Waals surface area contributed by atoms with Crippen molar-refractivity contribution < 1.29 is 9.59 Å². The molecule has 0 aromatic heterocycles. The number of carbonyl (C=O) groups excluding carboxylic acids is 2. The monoisotopic (exact) mass is 436 g/mol. The Morgan fingerprint density at radius 3 is 1.73 bits per heavy atom. The first kappa shape index (κ1) is 23.2. The molecule has 0 aliphatic rings. The number of benzene rings is 3. The first-order valence-corrected chi connectivity index (χ1v) is 10.6. The Balaban J connectivity index is 2.03. The zero-order valence-corrected chi connectivity index (χ0v) is 18.3. The number of amides is 2. The standard InChI is InChI=1S/C27H24N4O2/c1-30-27(33)25(24(21-8-4-2-5-9-21)22-10-6-3-7-11-22)31-26(32)23-17-19(12-14-28)16-20(18-23)13-15-29/h2-11,16-18,24-25H,12-13H2,1H3,(H,30,33)(H,31,32)/t25-/m0/s1.